The Morgan fingerprint density at radius 3 is 2.73 bits per heavy atom. The maximum absolute atomic E-state index is 14.1. The Morgan fingerprint density at radius 2 is 2.05 bits per heavy atom. The number of methoxy groups -OCH3 is 1. The molecule has 2 aliphatic rings. The van der Waals surface area contributed by atoms with E-state index in [1.54, 1.807) is 17.7 Å². The van der Waals surface area contributed by atoms with Gasteiger partial charge in [-0.3, -0.25) is 14.4 Å². The Kier molecular flexibility index (Phi) is 5.89. The molecule has 0 amide bonds. The Morgan fingerprint density at radius 1 is 1.24 bits per heavy atom. The van der Waals surface area contributed by atoms with Crippen molar-refractivity contribution in [3.63, 3.8) is 0 Å². The maximum Gasteiger partial charge on any atom is 0.306 e. The smallest absolute Gasteiger partial charge is 0.306 e. The molecule has 1 aliphatic heterocycles. The summed E-state index contributed by atoms with van der Waals surface area (Å²) in [5, 5.41) is 1.01. The third-order valence-electron chi connectivity index (χ3n) is 6.36. The fraction of sp³-hybridized carbons (Fsp3) is 0.320. The van der Waals surface area contributed by atoms with Crippen LogP contribution in [0.25, 0.3) is 31.7 Å². The molecule has 0 atom stereocenters. The molecule has 0 saturated heterocycles. The second kappa shape index (κ2) is 9.00. The van der Waals surface area contributed by atoms with E-state index in [-0.39, 0.29) is 22.9 Å². The SMILES string of the molecule is COc1ccc(-c2nc3sc4c(OS(C)(=O)=O)c(Cl)ccc4c3c(=O)n2CC2=NCCO2)c(C2CC2)c1. The largest absolute Gasteiger partial charge is 0.497 e. The molecule has 1 saturated carbocycles. The van der Waals surface area contributed by atoms with Crippen molar-refractivity contribution in [3.05, 3.63) is 51.3 Å². The summed E-state index contributed by atoms with van der Waals surface area (Å²) in [6.45, 7) is 1.14. The van der Waals surface area contributed by atoms with E-state index in [9.17, 15) is 13.2 Å². The number of aliphatic imine (C=N–C) groups is 1. The number of ether oxygens (including phenoxy) is 2. The van der Waals surface area contributed by atoms with E-state index in [2.05, 4.69) is 4.99 Å². The van der Waals surface area contributed by atoms with Gasteiger partial charge in [-0.15, -0.1) is 11.3 Å². The Labute approximate surface area is 221 Å². The monoisotopic (exact) mass is 559 g/mol. The van der Waals surface area contributed by atoms with Crippen molar-refractivity contribution in [2.75, 3.05) is 26.5 Å². The van der Waals surface area contributed by atoms with Gasteiger partial charge in [0.25, 0.3) is 5.56 Å². The molecule has 0 radical (unpaired) electrons. The Hall–Kier alpha value is -3.15. The van der Waals surface area contributed by atoms with Gasteiger partial charge in [0, 0.05) is 10.9 Å². The summed E-state index contributed by atoms with van der Waals surface area (Å²) < 4.78 is 42.2. The maximum atomic E-state index is 14.1. The van der Waals surface area contributed by atoms with Crippen LogP contribution >= 0.6 is 22.9 Å². The molecule has 3 heterocycles. The topological polar surface area (TPSA) is 109 Å². The van der Waals surface area contributed by atoms with E-state index < -0.39 is 10.1 Å². The lowest BCUT2D eigenvalue weighted by molar-refractivity contribution is 0.334. The Balaban J connectivity index is 1.65. The van der Waals surface area contributed by atoms with Gasteiger partial charge in [-0.1, -0.05) is 17.7 Å². The molecule has 1 fully saturated rings. The molecule has 0 spiro atoms. The molecular formula is C25H22ClN3O6S2. The second-order valence-corrected chi connectivity index (χ2v) is 12.0. The van der Waals surface area contributed by atoms with Gasteiger partial charge in [0.05, 0.1) is 35.0 Å². The third-order valence-corrected chi connectivity index (χ3v) is 8.23. The minimum absolute atomic E-state index is 0.0104. The standard InChI is InChI=1S/C25H22ClN3O6S2/c1-33-14-5-6-15(17(11-14)13-3-4-13)23-28-24-20(25(30)29(23)12-19-27-9-10-34-19)16-7-8-18(26)21(22(16)36-24)35-37(2,31)32/h5-8,11,13H,3-4,9-10,12H2,1-2H3. The number of benzene rings is 2. The van der Waals surface area contributed by atoms with Crippen molar-refractivity contribution in [2.45, 2.75) is 25.3 Å². The molecule has 0 unspecified atom stereocenters. The van der Waals surface area contributed by atoms with Crippen LogP contribution in [-0.2, 0) is 21.4 Å². The van der Waals surface area contributed by atoms with Crippen LogP contribution in [0.15, 0.2) is 40.1 Å². The van der Waals surface area contributed by atoms with Crippen LogP contribution in [0, 0.1) is 0 Å². The highest BCUT2D eigenvalue weighted by Gasteiger charge is 2.30. The van der Waals surface area contributed by atoms with Crippen LogP contribution < -0.4 is 14.5 Å². The molecule has 4 aromatic rings. The number of fused-ring (bicyclic) bond motifs is 3. The van der Waals surface area contributed by atoms with Gasteiger partial charge in [0.15, 0.2) is 5.75 Å². The first-order valence-electron chi connectivity index (χ1n) is 11.6. The van der Waals surface area contributed by atoms with Crippen molar-refractivity contribution in [1.82, 2.24) is 9.55 Å². The lowest BCUT2D eigenvalue weighted by Gasteiger charge is -2.16. The molecule has 1 aliphatic carbocycles. The minimum atomic E-state index is -3.85. The molecule has 12 heteroatoms. The zero-order valence-electron chi connectivity index (χ0n) is 20.0. The van der Waals surface area contributed by atoms with E-state index >= 15 is 0 Å². The molecule has 0 N–H and O–H groups in total. The summed E-state index contributed by atoms with van der Waals surface area (Å²) in [5.74, 6) is 2.05. The first-order valence-corrected chi connectivity index (χ1v) is 14.6. The predicted molar refractivity (Wildman–Crippen MR) is 144 cm³/mol. The lowest BCUT2D eigenvalue weighted by atomic mass is 10.0. The van der Waals surface area contributed by atoms with Crippen LogP contribution in [0.1, 0.15) is 24.3 Å². The third kappa shape index (κ3) is 4.45. The zero-order chi connectivity index (χ0) is 25.9. The average Bonchev–Trinajstić information content (AvgIpc) is 3.44. The van der Waals surface area contributed by atoms with Gasteiger partial charge in [0.2, 0.25) is 5.90 Å². The zero-order valence-corrected chi connectivity index (χ0v) is 22.4. The van der Waals surface area contributed by atoms with Crippen LogP contribution in [0.4, 0.5) is 0 Å². The summed E-state index contributed by atoms with van der Waals surface area (Å²) in [6, 6.07) is 8.99. The van der Waals surface area contributed by atoms with Gasteiger partial charge in [-0.05, 0) is 48.6 Å². The van der Waals surface area contributed by atoms with Crippen LogP contribution in [0.5, 0.6) is 11.5 Å². The average molecular weight is 560 g/mol. The van der Waals surface area contributed by atoms with Gasteiger partial charge < -0.3 is 13.7 Å². The number of hydrogen-bond acceptors (Lipinski definition) is 9. The van der Waals surface area contributed by atoms with E-state index in [1.807, 2.05) is 18.2 Å². The first kappa shape index (κ1) is 24.2. The molecular weight excluding hydrogens is 538 g/mol. The number of nitrogens with zero attached hydrogens (tertiary/aromatic N) is 3. The van der Waals surface area contributed by atoms with Crippen LogP contribution in [0.2, 0.25) is 5.02 Å². The quantitative estimate of drug-likeness (QED) is 0.305. The van der Waals surface area contributed by atoms with Crippen molar-refractivity contribution >= 4 is 59.3 Å². The fourth-order valence-corrected chi connectivity index (χ4v) is 6.54. The van der Waals surface area contributed by atoms with Crippen molar-refractivity contribution < 1.29 is 22.1 Å². The highest BCUT2D eigenvalue weighted by Crippen LogP contribution is 2.46. The molecule has 9 nitrogen and oxygen atoms in total. The van der Waals surface area contributed by atoms with Gasteiger partial charge >= 0.3 is 10.1 Å². The molecule has 2 aromatic heterocycles. The highest BCUT2D eigenvalue weighted by atomic mass is 35.5. The molecule has 37 heavy (non-hydrogen) atoms. The summed E-state index contributed by atoms with van der Waals surface area (Å²) in [6.07, 6.45) is 3.05. The van der Waals surface area contributed by atoms with Crippen LogP contribution in [-0.4, -0.2) is 50.4 Å². The molecule has 0 bridgehead atoms. The fourth-order valence-electron chi connectivity index (χ4n) is 4.57. The lowest BCUT2D eigenvalue weighted by Crippen LogP contribution is -2.27. The van der Waals surface area contributed by atoms with Gasteiger partial charge in [0.1, 0.15) is 29.6 Å². The number of rotatable bonds is 7. The van der Waals surface area contributed by atoms with E-state index in [1.165, 1.54) is 17.4 Å². The highest BCUT2D eigenvalue weighted by molar-refractivity contribution is 7.86. The van der Waals surface area contributed by atoms with E-state index in [0.29, 0.717) is 51.1 Å². The van der Waals surface area contributed by atoms with Crippen molar-refractivity contribution in [2.24, 2.45) is 4.99 Å². The summed E-state index contributed by atoms with van der Waals surface area (Å²) in [4.78, 5) is 23.9. The molecule has 6 rings (SSSR count). The van der Waals surface area contributed by atoms with Crippen molar-refractivity contribution in [3.8, 4) is 22.9 Å². The van der Waals surface area contributed by atoms with E-state index in [0.717, 1.165) is 36.0 Å². The minimum Gasteiger partial charge on any atom is -0.497 e. The van der Waals surface area contributed by atoms with E-state index in [4.69, 9.17) is 30.2 Å². The summed E-state index contributed by atoms with van der Waals surface area (Å²) in [5.41, 5.74) is 1.62. The van der Waals surface area contributed by atoms with Crippen molar-refractivity contribution in [1.29, 1.82) is 0 Å². The number of halogens is 1. The number of thiophene rings is 1. The number of hydrogen-bond donors (Lipinski definition) is 0. The summed E-state index contributed by atoms with van der Waals surface area (Å²) >= 11 is 7.48. The van der Waals surface area contributed by atoms with Gasteiger partial charge in [-0.2, -0.15) is 8.42 Å². The Bertz CT molecular complexity index is 1770. The van der Waals surface area contributed by atoms with Crippen LogP contribution in [0.3, 0.4) is 0 Å². The molecule has 2 aromatic carbocycles. The second-order valence-electron chi connectivity index (χ2n) is 9.00. The molecule has 192 valence electrons. The first-order chi connectivity index (χ1) is 17.7. The summed E-state index contributed by atoms with van der Waals surface area (Å²) in [7, 11) is -2.23. The predicted octanol–water partition coefficient (Wildman–Crippen LogP) is 4.58. The normalized spacial score (nSPS) is 15.7. The number of aromatic nitrogens is 2. The van der Waals surface area contributed by atoms with Gasteiger partial charge in [-0.25, -0.2) is 4.98 Å².